The van der Waals surface area contributed by atoms with E-state index in [1.54, 1.807) is 18.5 Å². The van der Waals surface area contributed by atoms with Crippen molar-refractivity contribution in [2.75, 3.05) is 30.8 Å². The van der Waals surface area contributed by atoms with Crippen LogP contribution in [0.15, 0.2) is 24.5 Å². The highest BCUT2D eigenvalue weighted by Gasteiger charge is 2.26. The molecule has 0 aliphatic carbocycles. The van der Waals surface area contributed by atoms with Crippen LogP contribution in [0.5, 0.6) is 5.75 Å². The van der Waals surface area contributed by atoms with Crippen LogP contribution in [-0.4, -0.2) is 60.3 Å². The molecule has 3 N–H and O–H groups in total. The SMILES string of the molecule is COc1cc(F)cc2c1nc(N)n1nc([C@H]3CCCCN(c4cnn(CC(C)(C)O)c4)C3)nc21. The summed E-state index contributed by atoms with van der Waals surface area (Å²) in [5.74, 6) is 0.748. The molecule has 4 aromatic rings. The molecule has 3 aromatic heterocycles. The van der Waals surface area contributed by atoms with Crippen LogP contribution in [0.3, 0.4) is 0 Å². The number of nitrogens with two attached hydrogens (primary N) is 1. The standard InChI is InChI=1S/C23H29FN8O2/c1-23(2,33)13-31-12-16(10-26-31)30-7-5-4-6-14(11-30)20-28-21-17-8-15(24)9-18(34-3)19(17)27-22(25)32(21)29-20/h8-10,12,14,33H,4-7,11,13H2,1-3H3,(H2,25,27)/t14-/m0/s1. The first-order valence-electron chi connectivity index (χ1n) is 11.4. The predicted molar refractivity (Wildman–Crippen MR) is 127 cm³/mol. The molecule has 0 radical (unpaired) electrons. The van der Waals surface area contributed by atoms with Crippen molar-refractivity contribution in [3.63, 3.8) is 0 Å². The zero-order valence-electron chi connectivity index (χ0n) is 19.6. The summed E-state index contributed by atoms with van der Waals surface area (Å²) in [5, 5.41) is 19.7. The van der Waals surface area contributed by atoms with Gasteiger partial charge in [0.1, 0.15) is 17.1 Å². The third-order valence-corrected chi connectivity index (χ3v) is 6.14. The average molecular weight is 469 g/mol. The van der Waals surface area contributed by atoms with E-state index < -0.39 is 11.4 Å². The fraction of sp³-hybridized carbons (Fsp3) is 0.478. The van der Waals surface area contributed by atoms with Gasteiger partial charge in [-0.2, -0.15) is 9.61 Å². The number of nitrogen functional groups attached to an aromatic ring is 1. The highest BCUT2D eigenvalue weighted by molar-refractivity contribution is 5.95. The number of aliphatic hydroxyl groups is 1. The largest absolute Gasteiger partial charge is 0.494 e. The summed E-state index contributed by atoms with van der Waals surface area (Å²) in [4.78, 5) is 11.5. The molecule has 0 bridgehead atoms. The van der Waals surface area contributed by atoms with Crippen molar-refractivity contribution in [2.24, 2.45) is 0 Å². The number of benzene rings is 1. The van der Waals surface area contributed by atoms with E-state index in [2.05, 4.69) is 20.1 Å². The van der Waals surface area contributed by atoms with Crippen molar-refractivity contribution < 1.29 is 14.2 Å². The van der Waals surface area contributed by atoms with E-state index in [1.807, 2.05) is 12.4 Å². The van der Waals surface area contributed by atoms with Crippen LogP contribution in [0.1, 0.15) is 44.9 Å². The highest BCUT2D eigenvalue weighted by atomic mass is 19.1. The van der Waals surface area contributed by atoms with Crippen LogP contribution in [0, 0.1) is 5.82 Å². The Morgan fingerprint density at radius 2 is 2.09 bits per heavy atom. The fourth-order valence-corrected chi connectivity index (χ4v) is 4.60. The zero-order valence-corrected chi connectivity index (χ0v) is 19.6. The monoisotopic (exact) mass is 468 g/mol. The van der Waals surface area contributed by atoms with Crippen LogP contribution >= 0.6 is 0 Å². The molecule has 0 spiro atoms. The van der Waals surface area contributed by atoms with Crippen molar-refractivity contribution in [1.82, 2.24) is 29.4 Å². The van der Waals surface area contributed by atoms with E-state index in [0.29, 0.717) is 41.2 Å². The lowest BCUT2D eigenvalue weighted by molar-refractivity contribution is 0.0577. The Hall–Kier alpha value is -3.47. The molecule has 10 nitrogen and oxygen atoms in total. The van der Waals surface area contributed by atoms with Crippen LogP contribution < -0.4 is 15.4 Å². The molecule has 5 rings (SSSR count). The topological polar surface area (TPSA) is 120 Å². The van der Waals surface area contributed by atoms with Gasteiger partial charge < -0.3 is 20.5 Å². The van der Waals surface area contributed by atoms with Gasteiger partial charge in [-0.3, -0.25) is 4.68 Å². The second kappa shape index (κ2) is 8.39. The Morgan fingerprint density at radius 3 is 2.85 bits per heavy atom. The van der Waals surface area contributed by atoms with E-state index in [9.17, 15) is 9.50 Å². The number of halogens is 1. The van der Waals surface area contributed by atoms with E-state index in [1.165, 1.54) is 23.8 Å². The van der Waals surface area contributed by atoms with Gasteiger partial charge in [0, 0.05) is 31.3 Å². The Morgan fingerprint density at radius 1 is 1.26 bits per heavy atom. The Labute approximate surface area is 196 Å². The minimum atomic E-state index is -0.843. The molecule has 34 heavy (non-hydrogen) atoms. The number of methoxy groups -OCH3 is 1. The number of nitrogens with zero attached hydrogens (tertiary/aromatic N) is 7. The van der Waals surface area contributed by atoms with E-state index in [-0.39, 0.29) is 11.9 Å². The van der Waals surface area contributed by atoms with E-state index >= 15 is 0 Å². The molecular weight excluding hydrogens is 439 g/mol. The Bertz CT molecular complexity index is 1340. The molecule has 11 heteroatoms. The predicted octanol–water partition coefficient (Wildman–Crippen LogP) is 2.75. The molecule has 180 valence electrons. The number of hydrogen-bond donors (Lipinski definition) is 2. The van der Waals surface area contributed by atoms with E-state index in [0.717, 1.165) is 31.5 Å². The van der Waals surface area contributed by atoms with Gasteiger partial charge in [-0.1, -0.05) is 6.42 Å². The number of fused-ring (bicyclic) bond motifs is 3. The maximum absolute atomic E-state index is 14.2. The lowest BCUT2D eigenvalue weighted by Gasteiger charge is -2.23. The number of rotatable bonds is 5. The number of ether oxygens (including phenoxy) is 1. The molecule has 0 saturated carbocycles. The fourth-order valence-electron chi connectivity index (χ4n) is 4.60. The highest BCUT2D eigenvalue weighted by Crippen LogP contribution is 2.32. The normalized spacial score (nSPS) is 17.4. The van der Waals surface area contributed by atoms with Gasteiger partial charge in [-0.25, -0.2) is 14.4 Å². The van der Waals surface area contributed by atoms with Gasteiger partial charge >= 0.3 is 0 Å². The first-order chi connectivity index (χ1) is 16.2. The van der Waals surface area contributed by atoms with Gasteiger partial charge in [0.2, 0.25) is 5.95 Å². The number of hydrogen-bond acceptors (Lipinski definition) is 8. The van der Waals surface area contributed by atoms with Gasteiger partial charge in [0.25, 0.3) is 0 Å². The van der Waals surface area contributed by atoms with E-state index in [4.69, 9.17) is 15.5 Å². The summed E-state index contributed by atoms with van der Waals surface area (Å²) < 4.78 is 22.8. The minimum absolute atomic E-state index is 0.0601. The first-order valence-corrected chi connectivity index (χ1v) is 11.4. The van der Waals surface area contributed by atoms with Crippen molar-refractivity contribution in [3.8, 4) is 5.75 Å². The molecule has 1 aliphatic heterocycles. The summed E-state index contributed by atoms with van der Waals surface area (Å²) in [6, 6.07) is 2.67. The van der Waals surface area contributed by atoms with Gasteiger partial charge in [-0.05, 0) is 32.8 Å². The lowest BCUT2D eigenvalue weighted by atomic mass is 10.0. The molecule has 1 fully saturated rings. The van der Waals surface area contributed by atoms with Crippen LogP contribution in [-0.2, 0) is 6.54 Å². The maximum Gasteiger partial charge on any atom is 0.223 e. The number of anilines is 2. The van der Waals surface area contributed by atoms with Gasteiger partial charge in [0.05, 0.1) is 36.5 Å². The molecule has 1 aromatic carbocycles. The summed E-state index contributed by atoms with van der Waals surface area (Å²) in [6.07, 6.45) is 6.78. The third-order valence-electron chi connectivity index (χ3n) is 6.14. The van der Waals surface area contributed by atoms with Crippen LogP contribution in [0.4, 0.5) is 16.0 Å². The van der Waals surface area contributed by atoms with Gasteiger partial charge in [-0.15, -0.1) is 5.10 Å². The summed E-state index contributed by atoms with van der Waals surface area (Å²) in [7, 11) is 1.47. The van der Waals surface area contributed by atoms with Crippen molar-refractivity contribution in [2.45, 2.75) is 51.2 Å². The molecule has 0 amide bonds. The number of aromatic nitrogens is 6. The van der Waals surface area contributed by atoms with Crippen molar-refractivity contribution in [3.05, 3.63) is 36.2 Å². The average Bonchev–Trinajstić information content (AvgIpc) is 3.35. The molecule has 1 atom stereocenters. The Kier molecular flexibility index (Phi) is 5.51. The molecule has 4 heterocycles. The Balaban J connectivity index is 1.49. The summed E-state index contributed by atoms with van der Waals surface area (Å²) >= 11 is 0. The molecular formula is C23H29FN8O2. The molecule has 1 aliphatic rings. The summed E-state index contributed by atoms with van der Waals surface area (Å²) in [5.41, 5.74) is 7.26. The lowest BCUT2D eigenvalue weighted by Crippen LogP contribution is -2.28. The van der Waals surface area contributed by atoms with Crippen LogP contribution in [0.25, 0.3) is 16.6 Å². The molecule has 0 unspecified atom stereocenters. The summed E-state index contributed by atoms with van der Waals surface area (Å²) in [6.45, 7) is 5.55. The third kappa shape index (κ3) is 4.23. The first kappa shape index (κ1) is 22.3. The zero-order chi connectivity index (χ0) is 24.0. The second-order valence-corrected chi connectivity index (χ2v) is 9.53. The van der Waals surface area contributed by atoms with Crippen molar-refractivity contribution in [1.29, 1.82) is 0 Å². The smallest absolute Gasteiger partial charge is 0.223 e. The minimum Gasteiger partial charge on any atom is -0.494 e. The van der Waals surface area contributed by atoms with Crippen molar-refractivity contribution >= 4 is 28.2 Å². The van der Waals surface area contributed by atoms with Gasteiger partial charge in [0.15, 0.2) is 11.5 Å². The quantitative estimate of drug-likeness (QED) is 0.459. The van der Waals surface area contributed by atoms with Crippen LogP contribution in [0.2, 0.25) is 0 Å². The molecule has 1 saturated heterocycles. The maximum atomic E-state index is 14.2. The second-order valence-electron chi connectivity index (χ2n) is 9.53.